The van der Waals surface area contributed by atoms with Crippen LogP contribution in [0.4, 0.5) is 10.6 Å². The molecule has 1 heterocycles. The number of aromatic nitrogens is 1. The largest absolute Gasteiger partial charge is 0.449 e. The van der Waals surface area contributed by atoms with Gasteiger partial charge < -0.3 is 4.74 Å². The summed E-state index contributed by atoms with van der Waals surface area (Å²) in [6.45, 7) is 6.27. The summed E-state index contributed by atoms with van der Waals surface area (Å²) in [5.41, 5.74) is 0.916. The van der Waals surface area contributed by atoms with Gasteiger partial charge in [-0.25, -0.2) is 9.78 Å². The number of carbonyl (C=O) groups is 1. The van der Waals surface area contributed by atoms with Crippen molar-refractivity contribution in [1.82, 2.24) is 4.98 Å². The van der Waals surface area contributed by atoms with E-state index in [4.69, 9.17) is 4.74 Å². The van der Waals surface area contributed by atoms with Crippen molar-refractivity contribution in [1.29, 1.82) is 0 Å². The van der Waals surface area contributed by atoms with Crippen molar-refractivity contribution in [2.75, 3.05) is 11.9 Å². The van der Waals surface area contributed by atoms with Crippen LogP contribution in [0.25, 0.3) is 0 Å². The molecule has 0 radical (unpaired) electrons. The lowest BCUT2D eigenvalue weighted by Crippen LogP contribution is -2.17. The van der Waals surface area contributed by atoms with E-state index in [9.17, 15) is 4.79 Å². The Morgan fingerprint density at radius 1 is 1.60 bits per heavy atom. The predicted molar refractivity (Wildman–Crippen MR) is 58.8 cm³/mol. The van der Waals surface area contributed by atoms with Gasteiger partial charge in [0.1, 0.15) is 5.82 Å². The number of carbonyl (C=O) groups excluding carboxylic acids is 1. The van der Waals surface area contributed by atoms with E-state index >= 15 is 0 Å². The van der Waals surface area contributed by atoms with Crippen molar-refractivity contribution in [2.45, 2.75) is 20.8 Å². The van der Waals surface area contributed by atoms with Crippen LogP contribution >= 0.6 is 0 Å². The van der Waals surface area contributed by atoms with Crippen LogP contribution in [0, 0.1) is 12.8 Å². The normalized spacial score (nSPS) is 10.1. The second-order valence-corrected chi connectivity index (χ2v) is 3.79. The first-order valence-electron chi connectivity index (χ1n) is 4.95. The van der Waals surface area contributed by atoms with E-state index in [2.05, 4.69) is 10.3 Å². The number of rotatable bonds is 3. The van der Waals surface area contributed by atoms with Crippen molar-refractivity contribution in [3.63, 3.8) is 0 Å². The first-order valence-corrected chi connectivity index (χ1v) is 4.95. The molecule has 1 rings (SSSR count). The quantitative estimate of drug-likeness (QED) is 0.830. The van der Waals surface area contributed by atoms with Gasteiger partial charge in [-0.1, -0.05) is 19.9 Å². The Kier molecular flexibility index (Phi) is 4.09. The molecule has 1 N–H and O–H groups in total. The van der Waals surface area contributed by atoms with Gasteiger partial charge in [-0.05, 0) is 24.5 Å². The maximum absolute atomic E-state index is 11.3. The molecule has 0 spiro atoms. The standard InChI is InChI=1S/C11H16N2O2/c1-8(2)7-15-11(14)13-10-9(3)5-4-6-12-10/h4-6,8H,7H2,1-3H3,(H,12,13,14). The first kappa shape index (κ1) is 11.5. The predicted octanol–water partition coefficient (Wildman–Crippen LogP) is 2.59. The Morgan fingerprint density at radius 2 is 2.33 bits per heavy atom. The molecule has 4 nitrogen and oxygen atoms in total. The van der Waals surface area contributed by atoms with Crippen LogP contribution in [0.3, 0.4) is 0 Å². The number of ether oxygens (including phenoxy) is 1. The molecule has 0 saturated heterocycles. The van der Waals surface area contributed by atoms with E-state index in [0.29, 0.717) is 18.3 Å². The summed E-state index contributed by atoms with van der Waals surface area (Å²) in [5.74, 6) is 0.881. The number of nitrogens with one attached hydrogen (secondary N) is 1. The Labute approximate surface area is 89.7 Å². The molecule has 0 aliphatic heterocycles. The highest BCUT2D eigenvalue weighted by molar-refractivity contribution is 5.84. The number of aryl methyl sites for hydroxylation is 1. The van der Waals surface area contributed by atoms with Crippen LogP contribution in [0.15, 0.2) is 18.3 Å². The van der Waals surface area contributed by atoms with E-state index in [1.807, 2.05) is 32.9 Å². The molecule has 0 unspecified atom stereocenters. The summed E-state index contributed by atoms with van der Waals surface area (Å²) in [6, 6.07) is 3.70. The highest BCUT2D eigenvalue weighted by Gasteiger charge is 2.06. The SMILES string of the molecule is Cc1cccnc1NC(=O)OCC(C)C. The van der Waals surface area contributed by atoms with Crippen molar-refractivity contribution < 1.29 is 9.53 Å². The van der Waals surface area contributed by atoms with Gasteiger partial charge in [-0.3, -0.25) is 5.32 Å². The summed E-state index contributed by atoms with van der Waals surface area (Å²) in [6.07, 6.45) is 1.18. The van der Waals surface area contributed by atoms with Crippen LogP contribution < -0.4 is 5.32 Å². The third-order valence-electron chi connectivity index (χ3n) is 1.78. The van der Waals surface area contributed by atoms with Gasteiger partial charge in [0.2, 0.25) is 0 Å². The van der Waals surface area contributed by atoms with E-state index in [0.717, 1.165) is 5.56 Å². The van der Waals surface area contributed by atoms with Gasteiger partial charge in [-0.2, -0.15) is 0 Å². The smallest absolute Gasteiger partial charge is 0.412 e. The Morgan fingerprint density at radius 3 is 2.93 bits per heavy atom. The third-order valence-corrected chi connectivity index (χ3v) is 1.78. The average Bonchev–Trinajstić information content (AvgIpc) is 2.18. The zero-order valence-corrected chi connectivity index (χ0v) is 9.28. The Bertz CT molecular complexity index is 337. The molecule has 15 heavy (non-hydrogen) atoms. The van der Waals surface area contributed by atoms with Gasteiger partial charge in [0.15, 0.2) is 0 Å². The maximum atomic E-state index is 11.3. The summed E-state index contributed by atoms with van der Waals surface area (Å²) in [5, 5.41) is 2.59. The Hall–Kier alpha value is -1.58. The Balaban J connectivity index is 2.48. The first-order chi connectivity index (χ1) is 7.09. The minimum Gasteiger partial charge on any atom is -0.449 e. The van der Waals surface area contributed by atoms with E-state index in [1.54, 1.807) is 6.20 Å². The summed E-state index contributed by atoms with van der Waals surface area (Å²) >= 11 is 0. The number of hydrogen-bond donors (Lipinski definition) is 1. The fourth-order valence-corrected chi connectivity index (χ4v) is 0.992. The zero-order chi connectivity index (χ0) is 11.3. The molecule has 0 atom stereocenters. The van der Waals surface area contributed by atoms with Crippen LogP contribution in [0.1, 0.15) is 19.4 Å². The van der Waals surface area contributed by atoms with Gasteiger partial charge in [0.25, 0.3) is 0 Å². The molecule has 4 heteroatoms. The van der Waals surface area contributed by atoms with Crippen molar-refractivity contribution in [2.24, 2.45) is 5.92 Å². The second-order valence-electron chi connectivity index (χ2n) is 3.79. The van der Waals surface area contributed by atoms with Crippen LogP contribution in [-0.4, -0.2) is 17.7 Å². The summed E-state index contributed by atoms with van der Waals surface area (Å²) < 4.78 is 4.97. The second kappa shape index (κ2) is 5.34. The highest BCUT2D eigenvalue weighted by Crippen LogP contribution is 2.09. The number of nitrogens with zero attached hydrogens (tertiary/aromatic N) is 1. The summed E-state index contributed by atoms with van der Waals surface area (Å²) in [4.78, 5) is 15.3. The molecular weight excluding hydrogens is 192 g/mol. The number of anilines is 1. The van der Waals surface area contributed by atoms with Crippen LogP contribution in [0.2, 0.25) is 0 Å². The molecule has 82 valence electrons. The molecule has 1 aromatic heterocycles. The molecule has 0 aromatic carbocycles. The van der Waals surface area contributed by atoms with Crippen molar-refractivity contribution in [3.05, 3.63) is 23.9 Å². The molecule has 1 aromatic rings. The molecule has 0 fully saturated rings. The van der Waals surface area contributed by atoms with Gasteiger partial charge >= 0.3 is 6.09 Å². The molecule has 0 bridgehead atoms. The van der Waals surface area contributed by atoms with Crippen LogP contribution in [0.5, 0.6) is 0 Å². The molecule has 0 aliphatic carbocycles. The monoisotopic (exact) mass is 208 g/mol. The molecule has 0 aliphatic rings. The van der Waals surface area contributed by atoms with Crippen molar-refractivity contribution >= 4 is 11.9 Å². The van der Waals surface area contributed by atoms with Gasteiger partial charge in [0.05, 0.1) is 6.61 Å². The number of hydrogen-bond acceptors (Lipinski definition) is 3. The molecule has 0 saturated carbocycles. The fourth-order valence-electron chi connectivity index (χ4n) is 0.992. The zero-order valence-electron chi connectivity index (χ0n) is 9.28. The third kappa shape index (κ3) is 3.97. The average molecular weight is 208 g/mol. The summed E-state index contributed by atoms with van der Waals surface area (Å²) in [7, 11) is 0. The molecule has 1 amide bonds. The van der Waals surface area contributed by atoms with Crippen molar-refractivity contribution in [3.8, 4) is 0 Å². The van der Waals surface area contributed by atoms with E-state index in [-0.39, 0.29) is 0 Å². The minimum absolute atomic E-state index is 0.334. The maximum Gasteiger partial charge on any atom is 0.412 e. The van der Waals surface area contributed by atoms with E-state index < -0.39 is 6.09 Å². The number of pyridine rings is 1. The van der Waals surface area contributed by atoms with E-state index in [1.165, 1.54) is 0 Å². The fraction of sp³-hybridized carbons (Fsp3) is 0.455. The minimum atomic E-state index is -0.453. The lowest BCUT2D eigenvalue weighted by atomic mass is 10.2. The molecular formula is C11H16N2O2. The van der Waals surface area contributed by atoms with Gasteiger partial charge in [0, 0.05) is 6.20 Å². The number of amides is 1. The van der Waals surface area contributed by atoms with Crippen LogP contribution in [-0.2, 0) is 4.74 Å². The lowest BCUT2D eigenvalue weighted by Gasteiger charge is -2.09. The van der Waals surface area contributed by atoms with Gasteiger partial charge in [-0.15, -0.1) is 0 Å². The highest BCUT2D eigenvalue weighted by atomic mass is 16.5. The topological polar surface area (TPSA) is 51.2 Å². The lowest BCUT2D eigenvalue weighted by molar-refractivity contribution is 0.147.